The lowest BCUT2D eigenvalue weighted by molar-refractivity contribution is -0.123. The Hall–Kier alpha value is -2.85. The molecule has 0 bridgehead atoms. The van der Waals surface area contributed by atoms with Crippen LogP contribution in [-0.4, -0.2) is 17.5 Å². The average molecular weight is 353 g/mol. The first-order valence-electron chi connectivity index (χ1n) is 7.85. The number of hydrogen-bond donors (Lipinski definition) is 1. The normalized spacial score (nSPS) is 11.6. The van der Waals surface area contributed by atoms with E-state index >= 15 is 0 Å². The van der Waals surface area contributed by atoms with Crippen molar-refractivity contribution in [1.29, 1.82) is 0 Å². The van der Waals surface area contributed by atoms with E-state index in [4.69, 9.17) is 16.3 Å². The monoisotopic (exact) mass is 352 g/mol. The van der Waals surface area contributed by atoms with E-state index in [1.165, 1.54) is 0 Å². The van der Waals surface area contributed by atoms with Crippen molar-refractivity contribution in [3.63, 3.8) is 0 Å². The van der Waals surface area contributed by atoms with Crippen molar-refractivity contribution in [1.82, 2.24) is 10.3 Å². The SMILES string of the molecule is O=C(COc1ccc(Cl)cc1)N[C@H](c1ccccc1)c1ccncc1. The van der Waals surface area contributed by atoms with Crippen molar-refractivity contribution >= 4 is 17.5 Å². The van der Waals surface area contributed by atoms with Crippen molar-refractivity contribution in [2.45, 2.75) is 6.04 Å². The van der Waals surface area contributed by atoms with Crippen LogP contribution in [-0.2, 0) is 4.79 Å². The lowest BCUT2D eigenvalue weighted by Gasteiger charge is -2.20. The Kier molecular flexibility index (Phi) is 5.65. The van der Waals surface area contributed by atoms with Gasteiger partial charge in [0.1, 0.15) is 5.75 Å². The van der Waals surface area contributed by atoms with Crippen LogP contribution in [0, 0.1) is 0 Å². The van der Waals surface area contributed by atoms with Gasteiger partial charge in [-0.3, -0.25) is 9.78 Å². The molecule has 1 N–H and O–H groups in total. The molecule has 0 aliphatic carbocycles. The molecule has 0 aliphatic rings. The molecule has 0 fully saturated rings. The van der Waals surface area contributed by atoms with Crippen molar-refractivity contribution in [3.05, 3.63) is 95.3 Å². The van der Waals surface area contributed by atoms with Crippen LogP contribution in [0.5, 0.6) is 5.75 Å². The van der Waals surface area contributed by atoms with Gasteiger partial charge in [-0.2, -0.15) is 0 Å². The second-order valence-electron chi connectivity index (χ2n) is 5.43. The summed E-state index contributed by atoms with van der Waals surface area (Å²) < 4.78 is 5.51. The molecule has 2 aromatic carbocycles. The van der Waals surface area contributed by atoms with Crippen molar-refractivity contribution in [2.24, 2.45) is 0 Å². The molecule has 3 aromatic rings. The maximum absolute atomic E-state index is 12.4. The summed E-state index contributed by atoms with van der Waals surface area (Å²) in [5.41, 5.74) is 1.95. The molecule has 0 unspecified atom stereocenters. The highest BCUT2D eigenvalue weighted by atomic mass is 35.5. The fraction of sp³-hybridized carbons (Fsp3) is 0.100. The lowest BCUT2D eigenvalue weighted by atomic mass is 10.00. The van der Waals surface area contributed by atoms with Gasteiger partial charge in [-0.05, 0) is 47.5 Å². The summed E-state index contributed by atoms with van der Waals surface area (Å²) in [7, 11) is 0. The molecule has 25 heavy (non-hydrogen) atoms. The van der Waals surface area contributed by atoms with Crippen LogP contribution < -0.4 is 10.1 Å². The maximum atomic E-state index is 12.4. The molecule has 0 radical (unpaired) electrons. The quantitative estimate of drug-likeness (QED) is 0.729. The van der Waals surface area contributed by atoms with Gasteiger partial charge in [0.05, 0.1) is 6.04 Å². The van der Waals surface area contributed by atoms with Gasteiger partial charge in [0, 0.05) is 17.4 Å². The Labute approximate surface area is 151 Å². The molecule has 1 aromatic heterocycles. The highest BCUT2D eigenvalue weighted by Gasteiger charge is 2.16. The molecule has 0 saturated heterocycles. The highest BCUT2D eigenvalue weighted by molar-refractivity contribution is 6.30. The Bertz CT molecular complexity index is 769. The second kappa shape index (κ2) is 8.31. The summed E-state index contributed by atoms with van der Waals surface area (Å²) >= 11 is 5.84. The number of benzene rings is 2. The summed E-state index contributed by atoms with van der Waals surface area (Å²) in [6.45, 7) is -0.0734. The molecule has 0 saturated carbocycles. The predicted molar refractivity (Wildman–Crippen MR) is 97.6 cm³/mol. The van der Waals surface area contributed by atoms with Gasteiger partial charge < -0.3 is 10.1 Å². The minimum atomic E-state index is -0.259. The van der Waals surface area contributed by atoms with Crippen molar-refractivity contribution in [2.75, 3.05) is 6.61 Å². The van der Waals surface area contributed by atoms with E-state index < -0.39 is 0 Å². The molecule has 1 atom stereocenters. The molecule has 5 heteroatoms. The van der Waals surface area contributed by atoms with E-state index in [0.29, 0.717) is 10.8 Å². The number of pyridine rings is 1. The van der Waals surface area contributed by atoms with Gasteiger partial charge in [-0.25, -0.2) is 0 Å². The van der Waals surface area contributed by atoms with Crippen LogP contribution in [0.3, 0.4) is 0 Å². The molecule has 3 rings (SSSR count). The summed E-state index contributed by atoms with van der Waals surface area (Å²) in [4.78, 5) is 16.4. The number of rotatable bonds is 6. The van der Waals surface area contributed by atoms with Crippen molar-refractivity contribution in [3.8, 4) is 5.75 Å². The topological polar surface area (TPSA) is 51.2 Å². The van der Waals surface area contributed by atoms with Gasteiger partial charge in [-0.1, -0.05) is 41.9 Å². The molecule has 126 valence electrons. The Balaban J connectivity index is 1.69. The molecule has 4 nitrogen and oxygen atoms in total. The number of nitrogens with one attached hydrogen (secondary N) is 1. The number of aromatic nitrogens is 1. The van der Waals surface area contributed by atoms with Crippen LogP contribution in [0.2, 0.25) is 5.02 Å². The predicted octanol–water partition coefficient (Wildman–Crippen LogP) is 4.02. The number of ether oxygens (including phenoxy) is 1. The lowest BCUT2D eigenvalue weighted by Crippen LogP contribution is -2.33. The smallest absolute Gasteiger partial charge is 0.258 e. The van der Waals surface area contributed by atoms with E-state index in [1.54, 1.807) is 36.7 Å². The standard InChI is InChI=1S/C20H17ClN2O2/c21-17-6-8-18(9-7-17)25-14-19(24)23-20(15-4-2-1-3-5-15)16-10-12-22-13-11-16/h1-13,20H,14H2,(H,23,24)/t20-/m1/s1. The largest absolute Gasteiger partial charge is 0.484 e. The molecule has 0 aliphatic heterocycles. The van der Waals surface area contributed by atoms with Crippen LogP contribution in [0.25, 0.3) is 0 Å². The Morgan fingerprint density at radius 3 is 2.28 bits per heavy atom. The second-order valence-corrected chi connectivity index (χ2v) is 5.87. The van der Waals surface area contributed by atoms with Gasteiger partial charge in [0.15, 0.2) is 6.61 Å². The Morgan fingerprint density at radius 1 is 0.960 bits per heavy atom. The van der Waals surface area contributed by atoms with E-state index in [-0.39, 0.29) is 18.6 Å². The fourth-order valence-electron chi connectivity index (χ4n) is 2.44. The van der Waals surface area contributed by atoms with E-state index in [0.717, 1.165) is 11.1 Å². The van der Waals surface area contributed by atoms with Crippen LogP contribution >= 0.6 is 11.6 Å². The number of carbonyl (C=O) groups excluding carboxylic acids is 1. The summed E-state index contributed by atoms with van der Waals surface area (Å²) in [6, 6.07) is 20.2. The third kappa shape index (κ3) is 4.81. The number of carbonyl (C=O) groups is 1. The van der Waals surface area contributed by atoms with Crippen LogP contribution in [0.4, 0.5) is 0 Å². The number of hydrogen-bond acceptors (Lipinski definition) is 3. The van der Waals surface area contributed by atoms with Gasteiger partial charge in [0.25, 0.3) is 5.91 Å². The third-order valence-corrected chi connectivity index (χ3v) is 3.91. The van der Waals surface area contributed by atoms with Crippen LogP contribution in [0.1, 0.15) is 17.2 Å². The van der Waals surface area contributed by atoms with Gasteiger partial charge >= 0.3 is 0 Å². The molecule has 1 amide bonds. The zero-order chi connectivity index (χ0) is 17.5. The first kappa shape index (κ1) is 17.0. The minimum absolute atomic E-state index is 0.0734. The maximum Gasteiger partial charge on any atom is 0.258 e. The molecule has 1 heterocycles. The van der Waals surface area contributed by atoms with E-state index in [1.807, 2.05) is 42.5 Å². The minimum Gasteiger partial charge on any atom is -0.484 e. The Morgan fingerprint density at radius 2 is 1.60 bits per heavy atom. The summed E-state index contributed by atoms with van der Waals surface area (Å²) in [5.74, 6) is 0.389. The zero-order valence-electron chi connectivity index (χ0n) is 13.4. The molecule has 0 spiro atoms. The number of amides is 1. The van der Waals surface area contributed by atoms with E-state index in [2.05, 4.69) is 10.3 Å². The van der Waals surface area contributed by atoms with Gasteiger partial charge in [-0.15, -0.1) is 0 Å². The third-order valence-electron chi connectivity index (χ3n) is 3.66. The van der Waals surface area contributed by atoms with Crippen LogP contribution in [0.15, 0.2) is 79.1 Å². The average Bonchev–Trinajstić information content (AvgIpc) is 2.67. The molecular weight excluding hydrogens is 336 g/mol. The fourth-order valence-corrected chi connectivity index (χ4v) is 2.57. The number of nitrogens with zero attached hydrogens (tertiary/aromatic N) is 1. The molecular formula is C20H17ClN2O2. The first-order chi connectivity index (χ1) is 12.2. The number of halogens is 1. The van der Waals surface area contributed by atoms with E-state index in [9.17, 15) is 4.79 Å². The highest BCUT2D eigenvalue weighted by Crippen LogP contribution is 2.21. The van der Waals surface area contributed by atoms with Crippen molar-refractivity contribution < 1.29 is 9.53 Å². The summed E-state index contributed by atoms with van der Waals surface area (Å²) in [5, 5.41) is 3.64. The zero-order valence-corrected chi connectivity index (χ0v) is 14.2. The summed E-state index contributed by atoms with van der Waals surface area (Å²) in [6.07, 6.45) is 3.42. The first-order valence-corrected chi connectivity index (χ1v) is 8.23. The van der Waals surface area contributed by atoms with Gasteiger partial charge in [0.2, 0.25) is 0 Å².